The smallest absolute Gasteiger partial charge is 0.226 e. The minimum atomic E-state index is -0.609. The summed E-state index contributed by atoms with van der Waals surface area (Å²) in [7, 11) is 1.68. The topological polar surface area (TPSA) is 68.4 Å². The Hall–Kier alpha value is -0.940. The lowest BCUT2D eigenvalue weighted by atomic mass is 10.2. The fourth-order valence-electron chi connectivity index (χ4n) is 1.35. The predicted molar refractivity (Wildman–Crippen MR) is 59.0 cm³/mol. The van der Waals surface area contributed by atoms with Crippen LogP contribution in [0.1, 0.15) is 50.9 Å². The lowest BCUT2D eigenvalue weighted by Crippen LogP contribution is -2.06. The van der Waals surface area contributed by atoms with Crippen LogP contribution in [0.4, 0.5) is 0 Å². The summed E-state index contributed by atoms with van der Waals surface area (Å²) in [6.07, 6.45) is 2.64. The monoisotopic (exact) mass is 228 g/mol. The second kappa shape index (κ2) is 6.60. The van der Waals surface area contributed by atoms with Gasteiger partial charge in [-0.25, -0.2) is 0 Å². The lowest BCUT2D eigenvalue weighted by Gasteiger charge is -2.05. The van der Waals surface area contributed by atoms with Gasteiger partial charge in [0.05, 0.1) is 6.10 Å². The molecule has 1 N–H and O–H groups in total. The number of aliphatic hydroxyl groups excluding tert-OH is 1. The van der Waals surface area contributed by atoms with E-state index in [0.29, 0.717) is 24.6 Å². The predicted octanol–water partition coefficient (Wildman–Crippen LogP) is 1.87. The maximum absolute atomic E-state index is 9.65. The van der Waals surface area contributed by atoms with E-state index in [9.17, 15) is 5.11 Å². The van der Waals surface area contributed by atoms with Gasteiger partial charge in [-0.05, 0) is 19.8 Å². The summed E-state index contributed by atoms with van der Waals surface area (Å²) < 4.78 is 10.2. The highest BCUT2D eigenvalue weighted by molar-refractivity contribution is 4.90. The van der Waals surface area contributed by atoms with E-state index < -0.39 is 6.10 Å². The molecule has 0 spiro atoms. The third-order valence-electron chi connectivity index (χ3n) is 2.51. The number of methoxy groups -OCH3 is 1. The van der Waals surface area contributed by atoms with Crippen LogP contribution in [-0.2, 0) is 11.2 Å². The molecule has 0 bridgehead atoms. The van der Waals surface area contributed by atoms with E-state index in [1.165, 1.54) is 0 Å². The average Bonchev–Trinajstić information content (AvgIpc) is 2.75. The van der Waals surface area contributed by atoms with Gasteiger partial charge in [0.2, 0.25) is 5.89 Å². The number of ether oxygens (including phenoxy) is 1. The van der Waals surface area contributed by atoms with E-state index >= 15 is 0 Å². The molecule has 0 aliphatic heterocycles. The van der Waals surface area contributed by atoms with E-state index in [1.807, 2.05) is 13.8 Å². The molecule has 2 unspecified atom stereocenters. The number of rotatable bonds is 7. The Bertz CT molecular complexity index is 301. The maximum Gasteiger partial charge on any atom is 0.226 e. The highest BCUT2D eigenvalue weighted by Crippen LogP contribution is 2.15. The molecule has 0 saturated carbocycles. The van der Waals surface area contributed by atoms with Gasteiger partial charge in [0.25, 0.3) is 0 Å². The summed E-state index contributed by atoms with van der Waals surface area (Å²) in [6.45, 7) is 3.99. The largest absolute Gasteiger partial charge is 0.385 e. The van der Waals surface area contributed by atoms with E-state index in [0.717, 1.165) is 12.8 Å². The molecule has 1 aromatic rings. The Morgan fingerprint density at radius 3 is 2.81 bits per heavy atom. The first-order valence-electron chi connectivity index (χ1n) is 5.70. The number of hydrogen-bond acceptors (Lipinski definition) is 5. The molecule has 0 fully saturated rings. The van der Waals surface area contributed by atoms with Gasteiger partial charge in [0, 0.05) is 13.5 Å². The number of nitrogens with zero attached hydrogens (tertiary/aromatic N) is 2. The molecule has 2 atom stereocenters. The lowest BCUT2D eigenvalue weighted by molar-refractivity contribution is 0.109. The Labute approximate surface area is 95.8 Å². The van der Waals surface area contributed by atoms with E-state index in [4.69, 9.17) is 9.26 Å². The molecule has 0 radical (unpaired) electrons. The van der Waals surface area contributed by atoms with Crippen LogP contribution in [-0.4, -0.2) is 28.5 Å². The minimum Gasteiger partial charge on any atom is -0.385 e. The zero-order valence-corrected chi connectivity index (χ0v) is 10.1. The highest BCUT2D eigenvalue weighted by Gasteiger charge is 2.14. The number of hydrogen-bond donors (Lipinski definition) is 1. The van der Waals surface area contributed by atoms with Gasteiger partial charge in [-0.15, -0.1) is 0 Å². The number of aryl methyl sites for hydroxylation is 1. The SMILES string of the molecule is CCCC(O)c1noc(CCC(C)OC)n1. The summed E-state index contributed by atoms with van der Waals surface area (Å²) in [5, 5.41) is 13.4. The minimum absolute atomic E-state index is 0.177. The van der Waals surface area contributed by atoms with Crippen molar-refractivity contribution >= 4 is 0 Å². The molecular weight excluding hydrogens is 208 g/mol. The second-order valence-electron chi connectivity index (χ2n) is 3.94. The van der Waals surface area contributed by atoms with Crippen LogP contribution in [0.25, 0.3) is 0 Å². The van der Waals surface area contributed by atoms with Crippen molar-refractivity contribution in [2.75, 3.05) is 7.11 Å². The Morgan fingerprint density at radius 1 is 1.44 bits per heavy atom. The summed E-state index contributed by atoms with van der Waals surface area (Å²) in [4.78, 5) is 4.15. The molecule has 0 aromatic carbocycles. The molecule has 0 saturated heterocycles. The number of aromatic nitrogens is 2. The van der Waals surface area contributed by atoms with Gasteiger partial charge in [-0.2, -0.15) is 4.98 Å². The van der Waals surface area contributed by atoms with Crippen LogP contribution in [0.3, 0.4) is 0 Å². The maximum atomic E-state index is 9.65. The summed E-state index contributed by atoms with van der Waals surface area (Å²) >= 11 is 0. The van der Waals surface area contributed by atoms with Crippen LogP contribution in [0.5, 0.6) is 0 Å². The zero-order chi connectivity index (χ0) is 12.0. The second-order valence-corrected chi connectivity index (χ2v) is 3.94. The average molecular weight is 228 g/mol. The van der Waals surface area contributed by atoms with Crippen molar-refractivity contribution in [2.24, 2.45) is 0 Å². The van der Waals surface area contributed by atoms with Crippen molar-refractivity contribution in [3.05, 3.63) is 11.7 Å². The standard InChI is InChI=1S/C11H20N2O3/c1-4-5-9(14)11-12-10(16-13-11)7-6-8(2)15-3/h8-9,14H,4-7H2,1-3H3. The zero-order valence-electron chi connectivity index (χ0n) is 10.1. The fraction of sp³-hybridized carbons (Fsp3) is 0.818. The molecule has 16 heavy (non-hydrogen) atoms. The van der Waals surface area contributed by atoms with Gasteiger partial charge in [-0.1, -0.05) is 18.5 Å². The first kappa shape index (κ1) is 13.1. The summed E-state index contributed by atoms with van der Waals surface area (Å²) in [5.41, 5.74) is 0. The Balaban J connectivity index is 2.45. The third-order valence-corrected chi connectivity index (χ3v) is 2.51. The highest BCUT2D eigenvalue weighted by atomic mass is 16.5. The first-order valence-corrected chi connectivity index (χ1v) is 5.70. The van der Waals surface area contributed by atoms with E-state index in [1.54, 1.807) is 7.11 Å². The van der Waals surface area contributed by atoms with Crippen molar-refractivity contribution in [1.29, 1.82) is 0 Å². The quantitative estimate of drug-likeness (QED) is 0.771. The molecule has 92 valence electrons. The molecule has 5 heteroatoms. The van der Waals surface area contributed by atoms with Gasteiger partial charge in [-0.3, -0.25) is 0 Å². The molecule has 1 heterocycles. The molecule has 1 rings (SSSR count). The third kappa shape index (κ3) is 3.90. The molecule has 1 aromatic heterocycles. The van der Waals surface area contributed by atoms with Crippen LogP contribution in [0, 0.1) is 0 Å². The van der Waals surface area contributed by atoms with E-state index in [-0.39, 0.29) is 6.10 Å². The summed E-state index contributed by atoms with van der Waals surface area (Å²) in [5.74, 6) is 0.955. The van der Waals surface area contributed by atoms with Gasteiger partial charge in [0.15, 0.2) is 5.82 Å². The van der Waals surface area contributed by atoms with Crippen molar-refractivity contribution in [3.63, 3.8) is 0 Å². The van der Waals surface area contributed by atoms with Gasteiger partial charge < -0.3 is 14.4 Å². The molecule has 0 aliphatic rings. The van der Waals surface area contributed by atoms with Crippen molar-refractivity contribution in [1.82, 2.24) is 10.1 Å². The van der Waals surface area contributed by atoms with Crippen LogP contribution >= 0.6 is 0 Å². The van der Waals surface area contributed by atoms with Gasteiger partial charge in [0.1, 0.15) is 6.10 Å². The van der Waals surface area contributed by atoms with Gasteiger partial charge >= 0.3 is 0 Å². The van der Waals surface area contributed by atoms with Crippen molar-refractivity contribution in [2.45, 2.75) is 51.7 Å². The van der Waals surface area contributed by atoms with Crippen LogP contribution in [0.15, 0.2) is 4.52 Å². The summed E-state index contributed by atoms with van der Waals surface area (Å²) in [6, 6.07) is 0. The van der Waals surface area contributed by atoms with Crippen LogP contribution in [0.2, 0.25) is 0 Å². The normalized spacial score (nSPS) is 15.0. The molecular formula is C11H20N2O3. The molecule has 5 nitrogen and oxygen atoms in total. The molecule has 0 amide bonds. The van der Waals surface area contributed by atoms with Crippen molar-refractivity contribution < 1.29 is 14.4 Å². The van der Waals surface area contributed by atoms with Crippen molar-refractivity contribution in [3.8, 4) is 0 Å². The Morgan fingerprint density at radius 2 is 2.19 bits per heavy atom. The van der Waals surface area contributed by atoms with E-state index in [2.05, 4.69) is 10.1 Å². The first-order chi connectivity index (χ1) is 7.67. The van der Waals surface area contributed by atoms with Crippen LogP contribution < -0.4 is 0 Å². The fourth-order valence-corrected chi connectivity index (χ4v) is 1.35. The molecule has 0 aliphatic carbocycles. The Kier molecular flexibility index (Phi) is 5.42. The number of aliphatic hydroxyl groups is 1.